The Hall–Kier alpha value is -1.18. The van der Waals surface area contributed by atoms with E-state index in [0.717, 1.165) is 12.8 Å². The summed E-state index contributed by atoms with van der Waals surface area (Å²) in [6, 6.07) is 5.89. The molecule has 0 aliphatic rings. The molecule has 1 aromatic heterocycles. The van der Waals surface area contributed by atoms with Crippen LogP contribution in [0.25, 0.3) is 0 Å². The van der Waals surface area contributed by atoms with E-state index < -0.39 is 10.4 Å². The lowest BCUT2D eigenvalue weighted by atomic mass is 10.4. The van der Waals surface area contributed by atoms with Gasteiger partial charge in [0.05, 0.1) is 7.11 Å². The van der Waals surface area contributed by atoms with Crippen molar-refractivity contribution in [1.29, 1.82) is 0 Å². The fourth-order valence-corrected chi connectivity index (χ4v) is 0.719. The van der Waals surface area contributed by atoms with Crippen LogP contribution in [-0.2, 0) is 14.6 Å². The van der Waals surface area contributed by atoms with Crippen LogP contribution in [0.15, 0.2) is 24.4 Å². The molecule has 1 rings (SSSR count). The molecular formula is C8H13NO5S. The number of rotatable bonds is 2. The van der Waals surface area contributed by atoms with Gasteiger partial charge in [-0.05, 0) is 6.07 Å². The fraction of sp³-hybridized carbons (Fsp3) is 0.375. The molecule has 0 amide bonds. The third-order valence-electron chi connectivity index (χ3n) is 1.42. The van der Waals surface area contributed by atoms with Crippen molar-refractivity contribution in [3.8, 4) is 0 Å². The van der Waals surface area contributed by atoms with Gasteiger partial charge in [0.2, 0.25) is 22.3 Å². The highest BCUT2D eigenvalue weighted by Crippen LogP contribution is 1.84. The van der Waals surface area contributed by atoms with Crippen molar-refractivity contribution < 1.29 is 26.7 Å². The Morgan fingerprint density at radius 3 is 2.13 bits per heavy atom. The Morgan fingerprint density at radius 2 is 1.87 bits per heavy atom. The number of aromatic nitrogens is 1. The Morgan fingerprint density at radius 1 is 1.33 bits per heavy atom. The first-order valence-corrected chi connectivity index (χ1v) is 5.27. The second-order valence-electron chi connectivity index (χ2n) is 2.43. The molecule has 1 aromatic rings. The van der Waals surface area contributed by atoms with Gasteiger partial charge in [0, 0.05) is 23.8 Å². The molecule has 15 heavy (non-hydrogen) atoms. The van der Waals surface area contributed by atoms with Gasteiger partial charge in [0.15, 0.2) is 0 Å². The lowest BCUT2D eigenvalue weighted by molar-refractivity contribution is -0.889. The summed E-state index contributed by atoms with van der Waals surface area (Å²) >= 11 is 0. The van der Waals surface area contributed by atoms with Crippen LogP contribution in [-0.4, -0.2) is 27.2 Å². The summed E-state index contributed by atoms with van der Waals surface area (Å²) in [6.45, 7) is 1.99. The van der Waals surface area contributed by atoms with E-state index >= 15 is 0 Å². The largest absolute Gasteiger partial charge is 0.726 e. The summed E-state index contributed by atoms with van der Waals surface area (Å²) in [5, 5.41) is 0. The van der Waals surface area contributed by atoms with Crippen LogP contribution in [0.3, 0.4) is 0 Å². The van der Waals surface area contributed by atoms with Gasteiger partial charge in [0.1, 0.15) is 7.11 Å². The molecule has 7 heteroatoms. The van der Waals surface area contributed by atoms with E-state index in [0.29, 0.717) is 0 Å². The molecule has 0 aliphatic carbocycles. The molecular weight excluding hydrogens is 222 g/mol. The van der Waals surface area contributed by atoms with E-state index in [1.807, 2.05) is 31.3 Å². The maximum absolute atomic E-state index is 9.22. The van der Waals surface area contributed by atoms with E-state index in [9.17, 15) is 13.0 Å². The average molecular weight is 235 g/mol. The summed E-state index contributed by atoms with van der Waals surface area (Å²) in [6.07, 6.45) is 1.87. The van der Waals surface area contributed by atoms with Crippen molar-refractivity contribution in [2.45, 2.75) is 6.92 Å². The smallest absolute Gasteiger partial charge is 0.231 e. The van der Waals surface area contributed by atoms with Gasteiger partial charge in [0.25, 0.3) is 0 Å². The minimum Gasteiger partial charge on any atom is -0.726 e. The fourth-order valence-electron chi connectivity index (χ4n) is 0.719. The van der Waals surface area contributed by atoms with Gasteiger partial charge in [-0.3, -0.25) is 9.02 Å². The third-order valence-corrected chi connectivity index (χ3v) is 1.83. The van der Waals surface area contributed by atoms with Crippen molar-refractivity contribution >= 4 is 10.4 Å². The Labute approximate surface area is 89.0 Å². The molecule has 1 heterocycles. The monoisotopic (exact) mass is 235 g/mol. The third kappa shape index (κ3) is 6.83. The molecule has 0 bridgehead atoms. The van der Waals surface area contributed by atoms with Crippen LogP contribution in [0.1, 0.15) is 5.69 Å². The van der Waals surface area contributed by atoms with Crippen molar-refractivity contribution in [2.24, 2.45) is 0 Å². The Balaban J connectivity index is 0.000000288. The number of pyridine rings is 1. The predicted octanol–water partition coefficient (Wildman–Crippen LogP) is -0.566. The van der Waals surface area contributed by atoms with Crippen LogP contribution < -0.4 is 9.57 Å². The van der Waals surface area contributed by atoms with E-state index in [1.54, 1.807) is 11.8 Å². The number of nitrogens with zero attached hydrogens (tertiary/aromatic N) is 1. The number of hydrogen-bond acceptors (Lipinski definition) is 5. The summed E-state index contributed by atoms with van der Waals surface area (Å²) in [5.41, 5.74) is 1.10. The van der Waals surface area contributed by atoms with E-state index in [2.05, 4.69) is 4.18 Å². The number of aryl methyl sites for hydroxylation is 1. The van der Waals surface area contributed by atoms with Crippen LogP contribution in [0, 0.1) is 6.92 Å². The molecule has 0 fully saturated rings. The maximum atomic E-state index is 9.22. The molecule has 0 N–H and O–H groups in total. The lowest BCUT2D eigenvalue weighted by Gasteiger charge is -1.98. The highest BCUT2D eigenvalue weighted by Gasteiger charge is 2.00. The zero-order valence-corrected chi connectivity index (χ0v) is 9.52. The van der Waals surface area contributed by atoms with E-state index in [4.69, 9.17) is 4.84 Å². The Kier molecular flexibility index (Phi) is 5.83. The van der Waals surface area contributed by atoms with Gasteiger partial charge in [-0.15, -0.1) is 0 Å². The zero-order valence-electron chi connectivity index (χ0n) is 8.71. The normalized spacial score (nSPS) is 10.1. The summed E-state index contributed by atoms with van der Waals surface area (Å²) in [4.78, 5) is 4.96. The first-order valence-electron chi connectivity index (χ1n) is 3.94. The minimum absolute atomic E-state index is 0.808. The van der Waals surface area contributed by atoms with Gasteiger partial charge in [-0.1, -0.05) is 0 Å². The molecule has 0 spiro atoms. The molecule has 0 unspecified atom stereocenters. The first kappa shape index (κ1) is 13.8. The van der Waals surface area contributed by atoms with Crippen molar-refractivity contribution in [3.63, 3.8) is 0 Å². The average Bonchev–Trinajstić information content (AvgIpc) is 2.18. The van der Waals surface area contributed by atoms with Gasteiger partial charge in [-0.25, -0.2) is 8.42 Å². The van der Waals surface area contributed by atoms with Crippen molar-refractivity contribution in [2.75, 3.05) is 14.2 Å². The zero-order chi connectivity index (χ0) is 11.9. The molecule has 0 saturated heterocycles. The van der Waals surface area contributed by atoms with E-state index in [1.165, 1.54) is 0 Å². The van der Waals surface area contributed by atoms with Gasteiger partial charge >= 0.3 is 0 Å². The predicted molar refractivity (Wildman–Crippen MR) is 50.6 cm³/mol. The molecule has 0 aliphatic heterocycles. The molecule has 0 radical (unpaired) electrons. The van der Waals surface area contributed by atoms with E-state index in [-0.39, 0.29) is 0 Å². The Bertz CT molecular complexity index is 390. The molecule has 0 saturated carbocycles. The second kappa shape index (κ2) is 6.33. The van der Waals surface area contributed by atoms with Crippen LogP contribution in [0.5, 0.6) is 0 Å². The molecule has 86 valence electrons. The van der Waals surface area contributed by atoms with Crippen molar-refractivity contribution in [1.82, 2.24) is 0 Å². The van der Waals surface area contributed by atoms with Crippen LogP contribution >= 0.6 is 0 Å². The lowest BCUT2D eigenvalue weighted by Crippen LogP contribution is -2.42. The quantitative estimate of drug-likeness (QED) is 0.390. The molecule has 0 atom stereocenters. The summed E-state index contributed by atoms with van der Waals surface area (Å²) < 4.78 is 32.7. The topological polar surface area (TPSA) is 79.5 Å². The summed E-state index contributed by atoms with van der Waals surface area (Å²) in [5.74, 6) is 0. The van der Waals surface area contributed by atoms with Gasteiger partial charge < -0.3 is 4.55 Å². The highest BCUT2D eigenvalue weighted by molar-refractivity contribution is 7.80. The van der Waals surface area contributed by atoms with Crippen molar-refractivity contribution in [3.05, 3.63) is 30.1 Å². The maximum Gasteiger partial charge on any atom is 0.231 e. The standard InChI is InChI=1S/C7H10NO.CH4O4S/c1-7-5-3-4-6-8(7)9-2;1-5-6(2,3)4/h3-6H,1-2H3;1H3,(H,2,3,4)/q+1;/p-1. The van der Waals surface area contributed by atoms with Gasteiger partial charge in [-0.2, -0.15) is 0 Å². The minimum atomic E-state index is -4.41. The summed E-state index contributed by atoms with van der Waals surface area (Å²) in [7, 11) is -1.96. The molecule has 6 nitrogen and oxygen atoms in total. The first-order chi connectivity index (χ1) is 6.90. The van der Waals surface area contributed by atoms with Crippen LogP contribution in [0.2, 0.25) is 0 Å². The highest BCUT2D eigenvalue weighted by atomic mass is 32.3. The number of hydrogen-bond donors (Lipinski definition) is 0. The second-order valence-corrected chi connectivity index (χ2v) is 3.58. The SMILES string of the molecule is COS(=O)(=O)[O-].CO[n+]1ccccc1C. The van der Waals surface area contributed by atoms with Crippen LogP contribution in [0.4, 0.5) is 0 Å². The molecule has 0 aromatic carbocycles.